The summed E-state index contributed by atoms with van der Waals surface area (Å²) in [6.07, 6.45) is 0. The van der Waals surface area contributed by atoms with Crippen LogP contribution in [0.5, 0.6) is 0 Å². The number of hydrogen-bond donors (Lipinski definition) is 1. The molecular weight excluding hydrogens is 384 g/mol. The molecule has 0 aliphatic heterocycles. The van der Waals surface area contributed by atoms with Gasteiger partial charge in [-0.3, -0.25) is 9.59 Å². The first-order valence-electron chi connectivity index (χ1n) is 9.43. The molecule has 1 heterocycles. The lowest BCUT2D eigenvalue weighted by Crippen LogP contribution is -2.33. The predicted octanol–water partition coefficient (Wildman–Crippen LogP) is 3.92. The van der Waals surface area contributed by atoms with Crippen molar-refractivity contribution in [2.75, 3.05) is 5.75 Å². The lowest BCUT2D eigenvalue weighted by atomic mass is 10.0. The molecule has 150 valence electrons. The zero-order valence-electron chi connectivity index (χ0n) is 16.7. The summed E-state index contributed by atoms with van der Waals surface area (Å²) in [5.74, 6) is 0.950. The summed E-state index contributed by atoms with van der Waals surface area (Å²) in [5.41, 5.74) is 1.28. The highest BCUT2D eigenvalue weighted by Crippen LogP contribution is 2.25. The van der Waals surface area contributed by atoms with Crippen molar-refractivity contribution in [2.45, 2.75) is 25.0 Å². The highest BCUT2D eigenvalue weighted by molar-refractivity contribution is 7.99. The molecule has 29 heavy (non-hydrogen) atoms. The molecule has 7 heteroatoms. The average molecular weight is 409 g/mol. The Balaban J connectivity index is 1.71. The van der Waals surface area contributed by atoms with Gasteiger partial charge in [0.2, 0.25) is 0 Å². The molecule has 1 aromatic heterocycles. The second-order valence-corrected chi connectivity index (χ2v) is 7.98. The SMILES string of the molecule is CC(C)[C@@H](NC(=O)c1ccccc1)c1nnc(SCC(=O)c2ccccc2)n1C. The van der Waals surface area contributed by atoms with Crippen molar-refractivity contribution in [2.24, 2.45) is 13.0 Å². The topological polar surface area (TPSA) is 76.9 Å². The van der Waals surface area contributed by atoms with Gasteiger partial charge in [-0.25, -0.2) is 0 Å². The number of rotatable bonds is 8. The first-order valence-corrected chi connectivity index (χ1v) is 10.4. The quantitative estimate of drug-likeness (QED) is 0.452. The Morgan fingerprint density at radius 2 is 1.55 bits per heavy atom. The number of nitrogens with zero attached hydrogens (tertiary/aromatic N) is 3. The van der Waals surface area contributed by atoms with E-state index >= 15 is 0 Å². The number of carbonyl (C=O) groups excluding carboxylic acids is 2. The molecule has 0 bridgehead atoms. The molecule has 0 aliphatic carbocycles. The van der Waals surface area contributed by atoms with Crippen molar-refractivity contribution in [3.63, 3.8) is 0 Å². The van der Waals surface area contributed by atoms with Crippen LogP contribution in [0.1, 0.15) is 46.4 Å². The van der Waals surface area contributed by atoms with Crippen molar-refractivity contribution in [3.8, 4) is 0 Å². The zero-order chi connectivity index (χ0) is 20.8. The number of nitrogens with one attached hydrogen (secondary N) is 1. The van der Waals surface area contributed by atoms with Crippen LogP contribution in [0.2, 0.25) is 0 Å². The van der Waals surface area contributed by atoms with Crippen LogP contribution in [0, 0.1) is 5.92 Å². The summed E-state index contributed by atoms with van der Waals surface area (Å²) in [6.45, 7) is 4.05. The van der Waals surface area contributed by atoms with Crippen LogP contribution in [0.25, 0.3) is 0 Å². The van der Waals surface area contributed by atoms with Crippen molar-refractivity contribution < 1.29 is 9.59 Å². The van der Waals surface area contributed by atoms with Gasteiger partial charge in [0.1, 0.15) is 0 Å². The van der Waals surface area contributed by atoms with E-state index in [-0.39, 0.29) is 29.4 Å². The number of aromatic nitrogens is 3. The fourth-order valence-electron chi connectivity index (χ4n) is 2.90. The smallest absolute Gasteiger partial charge is 0.251 e. The third-order valence-electron chi connectivity index (χ3n) is 4.56. The molecule has 2 aromatic carbocycles. The van der Waals surface area contributed by atoms with Gasteiger partial charge in [-0.05, 0) is 18.1 Å². The largest absolute Gasteiger partial charge is 0.342 e. The number of carbonyl (C=O) groups is 2. The maximum atomic E-state index is 12.6. The third-order valence-corrected chi connectivity index (χ3v) is 5.58. The summed E-state index contributed by atoms with van der Waals surface area (Å²) in [7, 11) is 1.86. The van der Waals surface area contributed by atoms with Gasteiger partial charge in [0.25, 0.3) is 5.91 Å². The highest BCUT2D eigenvalue weighted by Gasteiger charge is 2.25. The third kappa shape index (κ3) is 5.12. The fourth-order valence-corrected chi connectivity index (χ4v) is 3.72. The maximum absolute atomic E-state index is 12.6. The zero-order valence-corrected chi connectivity index (χ0v) is 17.5. The molecule has 3 aromatic rings. The van der Waals surface area contributed by atoms with E-state index in [0.29, 0.717) is 22.1 Å². The molecule has 1 N–H and O–H groups in total. The first kappa shape index (κ1) is 20.8. The Bertz CT molecular complexity index is 971. The van der Waals surface area contributed by atoms with Gasteiger partial charge >= 0.3 is 0 Å². The van der Waals surface area contributed by atoms with Gasteiger partial charge in [0.15, 0.2) is 16.8 Å². The molecule has 0 spiro atoms. The Labute approximate surface area is 174 Å². The number of Topliss-reactive ketones (excluding diaryl/α,β-unsaturated/α-hetero) is 1. The minimum atomic E-state index is -0.292. The highest BCUT2D eigenvalue weighted by atomic mass is 32.2. The van der Waals surface area contributed by atoms with Crippen LogP contribution in [0.15, 0.2) is 65.8 Å². The molecule has 0 unspecified atom stereocenters. The van der Waals surface area contributed by atoms with E-state index in [2.05, 4.69) is 15.5 Å². The fraction of sp³-hybridized carbons (Fsp3) is 0.273. The Morgan fingerprint density at radius 3 is 2.14 bits per heavy atom. The number of ketones is 1. The molecule has 0 radical (unpaired) electrons. The molecule has 1 amide bonds. The molecular formula is C22H24N4O2S. The molecule has 3 rings (SSSR count). The van der Waals surface area contributed by atoms with Crippen LogP contribution in [-0.4, -0.2) is 32.2 Å². The summed E-state index contributed by atoms with van der Waals surface area (Å²) in [6, 6.07) is 18.0. The van der Waals surface area contributed by atoms with E-state index in [0.717, 1.165) is 0 Å². The van der Waals surface area contributed by atoms with Crippen molar-refractivity contribution in [3.05, 3.63) is 77.6 Å². The summed E-state index contributed by atoms with van der Waals surface area (Å²) in [4.78, 5) is 24.9. The number of benzene rings is 2. The number of hydrogen-bond acceptors (Lipinski definition) is 5. The van der Waals surface area contributed by atoms with Gasteiger partial charge in [0, 0.05) is 18.2 Å². The summed E-state index contributed by atoms with van der Waals surface area (Å²) >= 11 is 1.34. The van der Waals surface area contributed by atoms with Crippen molar-refractivity contribution in [1.82, 2.24) is 20.1 Å². The number of thioether (sulfide) groups is 1. The average Bonchev–Trinajstić information content (AvgIpc) is 3.11. The van der Waals surface area contributed by atoms with E-state index in [9.17, 15) is 9.59 Å². The number of amides is 1. The van der Waals surface area contributed by atoms with E-state index < -0.39 is 0 Å². The molecule has 0 fully saturated rings. The minimum Gasteiger partial charge on any atom is -0.342 e. The van der Waals surface area contributed by atoms with Gasteiger partial charge in [-0.1, -0.05) is 74.1 Å². The maximum Gasteiger partial charge on any atom is 0.251 e. The first-order chi connectivity index (χ1) is 14.0. The lowest BCUT2D eigenvalue weighted by Gasteiger charge is -2.21. The summed E-state index contributed by atoms with van der Waals surface area (Å²) in [5, 5.41) is 12.2. The Kier molecular flexibility index (Phi) is 6.82. The van der Waals surface area contributed by atoms with Crippen LogP contribution in [0.3, 0.4) is 0 Å². The minimum absolute atomic E-state index is 0.0398. The second-order valence-electron chi connectivity index (χ2n) is 7.04. The summed E-state index contributed by atoms with van der Waals surface area (Å²) < 4.78 is 1.85. The second kappa shape index (κ2) is 9.52. The monoisotopic (exact) mass is 408 g/mol. The molecule has 0 saturated carbocycles. The Morgan fingerprint density at radius 1 is 0.966 bits per heavy atom. The lowest BCUT2D eigenvalue weighted by molar-refractivity contribution is 0.0921. The van der Waals surface area contributed by atoms with Crippen LogP contribution in [0.4, 0.5) is 0 Å². The van der Waals surface area contributed by atoms with Gasteiger partial charge in [0.05, 0.1) is 11.8 Å². The molecule has 0 saturated heterocycles. The van der Waals surface area contributed by atoms with Crippen LogP contribution in [-0.2, 0) is 7.05 Å². The van der Waals surface area contributed by atoms with E-state index in [1.165, 1.54) is 11.8 Å². The van der Waals surface area contributed by atoms with E-state index in [4.69, 9.17) is 0 Å². The molecule has 1 atom stereocenters. The normalized spacial score (nSPS) is 12.0. The Hall–Kier alpha value is -2.93. The van der Waals surface area contributed by atoms with Crippen LogP contribution >= 0.6 is 11.8 Å². The van der Waals surface area contributed by atoms with Crippen molar-refractivity contribution in [1.29, 1.82) is 0 Å². The van der Waals surface area contributed by atoms with Crippen LogP contribution < -0.4 is 5.32 Å². The van der Waals surface area contributed by atoms with Gasteiger partial charge < -0.3 is 9.88 Å². The van der Waals surface area contributed by atoms with Crippen molar-refractivity contribution >= 4 is 23.5 Å². The van der Waals surface area contributed by atoms with E-state index in [1.54, 1.807) is 24.3 Å². The predicted molar refractivity (Wildman–Crippen MR) is 114 cm³/mol. The molecule has 6 nitrogen and oxygen atoms in total. The van der Waals surface area contributed by atoms with E-state index in [1.807, 2.05) is 61.9 Å². The molecule has 0 aliphatic rings. The van der Waals surface area contributed by atoms with Gasteiger partial charge in [-0.2, -0.15) is 0 Å². The van der Waals surface area contributed by atoms with Gasteiger partial charge in [-0.15, -0.1) is 10.2 Å². The standard InChI is InChI=1S/C22H24N4O2S/c1-15(2)19(23-21(28)17-12-8-5-9-13-17)20-24-25-22(26(20)3)29-14-18(27)16-10-6-4-7-11-16/h4-13,15,19H,14H2,1-3H3,(H,23,28)/t19-/m1/s1.